The van der Waals surface area contributed by atoms with E-state index in [4.69, 9.17) is 4.98 Å². The molecule has 1 amide bonds. The summed E-state index contributed by atoms with van der Waals surface area (Å²) >= 11 is 1.69. The van der Waals surface area contributed by atoms with Crippen LogP contribution in [0.15, 0.2) is 48.5 Å². The summed E-state index contributed by atoms with van der Waals surface area (Å²) in [6.45, 7) is 1.50. The van der Waals surface area contributed by atoms with Crippen molar-refractivity contribution in [1.82, 2.24) is 14.2 Å². The van der Waals surface area contributed by atoms with Crippen LogP contribution in [-0.2, 0) is 27.8 Å². The molecule has 2 atom stereocenters. The van der Waals surface area contributed by atoms with Gasteiger partial charge in [0.1, 0.15) is 6.04 Å². The highest BCUT2D eigenvalue weighted by Crippen LogP contribution is 2.34. The molecule has 0 unspecified atom stereocenters. The average molecular weight is 456 g/mol. The van der Waals surface area contributed by atoms with Gasteiger partial charge < -0.3 is 4.90 Å². The lowest BCUT2D eigenvalue weighted by Gasteiger charge is -2.39. The van der Waals surface area contributed by atoms with Crippen LogP contribution in [0.1, 0.15) is 34.9 Å². The lowest BCUT2D eigenvalue weighted by Crippen LogP contribution is -2.54. The third kappa shape index (κ3) is 4.00. The third-order valence-corrected chi connectivity index (χ3v) is 8.74. The van der Waals surface area contributed by atoms with Crippen LogP contribution in [0.4, 0.5) is 0 Å². The van der Waals surface area contributed by atoms with Gasteiger partial charge in [0.05, 0.1) is 21.5 Å². The van der Waals surface area contributed by atoms with Crippen LogP contribution in [0.2, 0.25) is 0 Å². The molecule has 2 aromatic carbocycles. The maximum absolute atomic E-state index is 13.6. The number of carbonyl (C=O) groups excluding carboxylic acids is 1. The number of piperidine rings is 1. The Kier molecular flexibility index (Phi) is 5.32. The summed E-state index contributed by atoms with van der Waals surface area (Å²) in [5.74, 6) is 0.100. The molecule has 0 bridgehead atoms. The molecule has 2 aliphatic rings. The Labute approximate surface area is 186 Å². The van der Waals surface area contributed by atoms with E-state index in [1.807, 2.05) is 47.4 Å². The van der Waals surface area contributed by atoms with E-state index in [2.05, 4.69) is 6.07 Å². The number of sulfonamides is 1. The first-order valence-corrected chi connectivity index (χ1v) is 13.2. The number of likely N-dealkylation sites (tertiary alicyclic amines) is 1. The van der Waals surface area contributed by atoms with Crippen molar-refractivity contribution in [2.24, 2.45) is 0 Å². The van der Waals surface area contributed by atoms with Gasteiger partial charge in [-0.3, -0.25) is 4.79 Å². The fourth-order valence-electron chi connectivity index (χ4n) is 4.71. The minimum atomic E-state index is -3.51. The summed E-state index contributed by atoms with van der Waals surface area (Å²) in [5.41, 5.74) is 3.03. The van der Waals surface area contributed by atoms with Crippen LogP contribution in [0, 0.1) is 0 Å². The topological polar surface area (TPSA) is 70.6 Å². The Morgan fingerprint density at radius 1 is 1.10 bits per heavy atom. The molecule has 2 aliphatic heterocycles. The first kappa shape index (κ1) is 20.6. The zero-order valence-electron chi connectivity index (χ0n) is 17.4. The molecule has 5 rings (SSSR count). The lowest BCUT2D eigenvalue weighted by molar-refractivity contribution is -0.137. The molecule has 0 saturated carbocycles. The molecule has 1 aromatic heterocycles. The van der Waals surface area contributed by atoms with E-state index in [0.717, 1.165) is 39.2 Å². The maximum atomic E-state index is 13.6. The van der Waals surface area contributed by atoms with Crippen molar-refractivity contribution in [1.29, 1.82) is 0 Å². The van der Waals surface area contributed by atoms with Gasteiger partial charge in [-0.15, -0.1) is 11.3 Å². The monoisotopic (exact) mass is 455 g/mol. The third-order valence-electron chi connectivity index (χ3n) is 6.31. The molecular weight excluding hydrogens is 430 g/mol. The quantitative estimate of drug-likeness (QED) is 0.607. The molecular formula is C23H25N3O3S2. The number of rotatable bonds is 3. The van der Waals surface area contributed by atoms with Gasteiger partial charge in [0.25, 0.3) is 0 Å². The van der Waals surface area contributed by atoms with Gasteiger partial charge >= 0.3 is 0 Å². The van der Waals surface area contributed by atoms with Gasteiger partial charge in [-0.25, -0.2) is 13.4 Å². The average Bonchev–Trinajstić information content (AvgIpc) is 3.21. The molecule has 3 aromatic rings. The van der Waals surface area contributed by atoms with E-state index >= 15 is 0 Å². The minimum Gasteiger partial charge on any atom is -0.341 e. The summed E-state index contributed by atoms with van der Waals surface area (Å²) in [6, 6.07) is 15.2. The summed E-state index contributed by atoms with van der Waals surface area (Å²) in [5, 5.41) is 1.06. The number of benzene rings is 2. The van der Waals surface area contributed by atoms with Gasteiger partial charge in [-0.2, -0.15) is 4.31 Å². The van der Waals surface area contributed by atoms with Crippen molar-refractivity contribution in [3.8, 4) is 0 Å². The molecule has 8 heteroatoms. The van der Waals surface area contributed by atoms with Crippen LogP contribution in [0.3, 0.4) is 0 Å². The van der Waals surface area contributed by atoms with Crippen LogP contribution in [0.5, 0.6) is 0 Å². The maximum Gasteiger partial charge on any atom is 0.241 e. The molecule has 1 fully saturated rings. The molecule has 0 N–H and O–H groups in total. The largest absolute Gasteiger partial charge is 0.341 e. The fraction of sp³-hybridized carbons (Fsp3) is 0.391. The number of carbonyl (C=O) groups is 1. The molecule has 31 heavy (non-hydrogen) atoms. The number of aromatic nitrogens is 1. The Morgan fingerprint density at radius 2 is 1.84 bits per heavy atom. The smallest absolute Gasteiger partial charge is 0.241 e. The predicted octanol–water partition coefficient (Wildman–Crippen LogP) is 3.39. The number of nitrogens with zero attached hydrogens (tertiary/aromatic N) is 3. The van der Waals surface area contributed by atoms with Gasteiger partial charge in [0.2, 0.25) is 15.9 Å². The Bertz CT molecular complexity index is 1200. The SMILES string of the molecule is CS(=O)(=O)N1Cc2ccccc2C[C@H]1C(=O)N1CCC[C@H](c2nc3ccccc3s2)C1. The highest BCUT2D eigenvalue weighted by Gasteiger charge is 2.40. The highest BCUT2D eigenvalue weighted by atomic mass is 32.2. The first-order valence-electron chi connectivity index (χ1n) is 10.6. The Hall–Kier alpha value is -2.29. The summed E-state index contributed by atoms with van der Waals surface area (Å²) < 4.78 is 27.6. The molecule has 0 radical (unpaired) electrons. The number of hydrogen-bond acceptors (Lipinski definition) is 5. The van der Waals surface area contributed by atoms with E-state index in [-0.39, 0.29) is 18.4 Å². The predicted molar refractivity (Wildman–Crippen MR) is 122 cm³/mol. The van der Waals surface area contributed by atoms with Gasteiger partial charge in [-0.1, -0.05) is 36.4 Å². The van der Waals surface area contributed by atoms with Crippen LogP contribution >= 0.6 is 11.3 Å². The zero-order valence-corrected chi connectivity index (χ0v) is 19.0. The molecule has 0 spiro atoms. The van der Waals surface area contributed by atoms with Crippen molar-refractivity contribution in [2.45, 2.75) is 37.8 Å². The first-order chi connectivity index (χ1) is 14.9. The normalized spacial score (nSPS) is 22.4. The van der Waals surface area contributed by atoms with Crippen molar-refractivity contribution >= 4 is 37.5 Å². The summed E-state index contributed by atoms with van der Waals surface area (Å²) in [6.07, 6.45) is 3.51. The van der Waals surface area contributed by atoms with Crippen LogP contribution in [0.25, 0.3) is 10.2 Å². The van der Waals surface area contributed by atoms with Gasteiger partial charge in [0.15, 0.2) is 0 Å². The molecule has 3 heterocycles. The second-order valence-electron chi connectivity index (χ2n) is 8.44. The zero-order chi connectivity index (χ0) is 21.6. The second kappa shape index (κ2) is 8.00. The van der Waals surface area contributed by atoms with Gasteiger partial charge in [-0.05, 0) is 42.5 Å². The second-order valence-corrected chi connectivity index (χ2v) is 11.4. The van der Waals surface area contributed by atoms with E-state index in [9.17, 15) is 13.2 Å². The van der Waals surface area contributed by atoms with E-state index < -0.39 is 16.1 Å². The van der Waals surface area contributed by atoms with E-state index in [0.29, 0.717) is 19.5 Å². The summed E-state index contributed by atoms with van der Waals surface area (Å²) in [4.78, 5) is 20.2. The minimum absolute atomic E-state index is 0.0919. The van der Waals surface area contributed by atoms with Crippen LogP contribution in [-0.4, -0.2) is 53.9 Å². The Morgan fingerprint density at radius 3 is 2.61 bits per heavy atom. The number of fused-ring (bicyclic) bond motifs is 2. The molecule has 1 saturated heterocycles. The number of hydrogen-bond donors (Lipinski definition) is 0. The number of thiazole rings is 1. The van der Waals surface area contributed by atoms with Crippen molar-refractivity contribution < 1.29 is 13.2 Å². The van der Waals surface area contributed by atoms with Crippen LogP contribution < -0.4 is 0 Å². The molecule has 162 valence electrons. The van der Waals surface area contributed by atoms with Gasteiger partial charge in [0, 0.05) is 25.6 Å². The summed E-state index contributed by atoms with van der Waals surface area (Å²) in [7, 11) is -3.51. The number of amides is 1. The number of para-hydroxylation sites is 1. The highest BCUT2D eigenvalue weighted by molar-refractivity contribution is 7.88. The van der Waals surface area contributed by atoms with Crippen molar-refractivity contribution in [3.63, 3.8) is 0 Å². The fourth-order valence-corrected chi connectivity index (χ4v) is 6.81. The Balaban J connectivity index is 1.40. The van der Waals surface area contributed by atoms with E-state index in [1.165, 1.54) is 10.6 Å². The molecule has 0 aliphatic carbocycles. The standard InChI is InChI=1S/C23H25N3O3S2/c1-31(28,29)26-15-17-8-3-2-7-16(17)13-20(26)23(27)25-12-6-9-18(14-25)22-24-19-10-4-5-11-21(19)30-22/h2-5,7-8,10-11,18,20H,6,9,12-15H2,1H3/t18-,20-/m0/s1. The molecule has 6 nitrogen and oxygen atoms in total. The lowest BCUT2D eigenvalue weighted by atomic mass is 9.93. The van der Waals surface area contributed by atoms with Crippen molar-refractivity contribution in [3.05, 3.63) is 64.7 Å². The van der Waals surface area contributed by atoms with Crippen molar-refractivity contribution in [2.75, 3.05) is 19.3 Å². The van der Waals surface area contributed by atoms with E-state index in [1.54, 1.807) is 11.3 Å².